The summed E-state index contributed by atoms with van der Waals surface area (Å²) in [5.74, 6) is 1.46. The predicted octanol–water partition coefficient (Wildman–Crippen LogP) is 4.72. The third kappa shape index (κ3) is 0.914. The molecule has 5 rings (SSSR count). The van der Waals surface area contributed by atoms with Crippen LogP contribution < -0.4 is 0 Å². The molecule has 0 bridgehead atoms. The van der Waals surface area contributed by atoms with Crippen molar-refractivity contribution in [2.75, 3.05) is 0 Å². The Morgan fingerprint density at radius 3 is 1.33 bits per heavy atom. The zero-order valence-corrected chi connectivity index (χ0v) is 12.6. The number of hydrogen-bond acceptors (Lipinski definition) is 0. The van der Waals surface area contributed by atoms with Crippen LogP contribution in [0.4, 0.5) is 0 Å². The minimum absolute atomic E-state index is 0.308. The Balaban J connectivity index is 1.78. The summed E-state index contributed by atoms with van der Waals surface area (Å²) in [6.07, 6.45) is 4.90. The van der Waals surface area contributed by atoms with Gasteiger partial charge in [-0.05, 0) is 28.4 Å². The fourth-order valence-electron chi connectivity index (χ4n) is 6.33. The van der Waals surface area contributed by atoms with Crippen molar-refractivity contribution in [1.82, 2.24) is 0 Å². The average Bonchev–Trinajstić information content (AvgIpc) is 2.88. The first-order valence-electron chi connectivity index (χ1n) is 7.98. The number of rotatable bonds is 2. The van der Waals surface area contributed by atoms with Gasteiger partial charge in [0.1, 0.15) is 0 Å². The summed E-state index contributed by atoms with van der Waals surface area (Å²) in [5, 5.41) is 0. The first-order chi connectivity index (χ1) is 10.2. The SMILES string of the molecule is CC1(C)[C@]2(c3ccccc3)[C@@H]3C=C[C@H]3[C@]12c1ccccc1. The summed E-state index contributed by atoms with van der Waals surface area (Å²) in [4.78, 5) is 0. The maximum atomic E-state index is 2.48. The van der Waals surface area contributed by atoms with Gasteiger partial charge in [-0.1, -0.05) is 86.7 Å². The van der Waals surface area contributed by atoms with E-state index >= 15 is 0 Å². The summed E-state index contributed by atoms with van der Waals surface area (Å²) >= 11 is 0. The van der Waals surface area contributed by atoms with Gasteiger partial charge in [-0.2, -0.15) is 0 Å². The van der Waals surface area contributed by atoms with Gasteiger partial charge < -0.3 is 0 Å². The van der Waals surface area contributed by atoms with Crippen LogP contribution in [0.2, 0.25) is 0 Å². The molecule has 0 amide bonds. The average molecular weight is 272 g/mol. The van der Waals surface area contributed by atoms with E-state index in [1.54, 1.807) is 0 Å². The van der Waals surface area contributed by atoms with Crippen LogP contribution in [0.5, 0.6) is 0 Å². The van der Waals surface area contributed by atoms with Gasteiger partial charge >= 0.3 is 0 Å². The van der Waals surface area contributed by atoms with Crippen molar-refractivity contribution in [1.29, 1.82) is 0 Å². The Hall–Kier alpha value is -1.82. The van der Waals surface area contributed by atoms with E-state index in [4.69, 9.17) is 0 Å². The fourth-order valence-corrected chi connectivity index (χ4v) is 6.33. The molecule has 0 aromatic heterocycles. The number of allylic oxidation sites excluding steroid dienone is 2. The van der Waals surface area contributed by atoms with E-state index in [0.29, 0.717) is 16.2 Å². The molecule has 2 saturated carbocycles. The highest BCUT2D eigenvalue weighted by atomic mass is 15.0. The standard InChI is InChI=1S/C21H20/c1-19(2)20(15-9-5-3-6-10-15)17-13-14-18(17)21(19,20)16-11-7-4-8-12-16/h3-14,17-18H,1-2H3/t17-,18-,20-,21+/m1/s1. The van der Waals surface area contributed by atoms with Crippen LogP contribution >= 0.6 is 0 Å². The molecule has 3 aliphatic carbocycles. The molecular weight excluding hydrogens is 252 g/mol. The molecule has 2 fully saturated rings. The van der Waals surface area contributed by atoms with Crippen molar-refractivity contribution < 1.29 is 0 Å². The molecule has 104 valence electrons. The molecule has 0 unspecified atom stereocenters. The van der Waals surface area contributed by atoms with Crippen LogP contribution in [0.3, 0.4) is 0 Å². The van der Waals surface area contributed by atoms with Gasteiger partial charge in [-0.15, -0.1) is 0 Å². The number of hydrogen-bond donors (Lipinski definition) is 0. The number of benzene rings is 2. The van der Waals surface area contributed by atoms with Crippen LogP contribution in [0.15, 0.2) is 72.8 Å². The molecule has 0 radical (unpaired) electrons. The molecule has 2 aromatic carbocycles. The Bertz CT molecular complexity index is 677. The highest BCUT2D eigenvalue weighted by Gasteiger charge is 2.95. The van der Waals surface area contributed by atoms with E-state index < -0.39 is 0 Å². The lowest BCUT2D eigenvalue weighted by Gasteiger charge is -2.54. The van der Waals surface area contributed by atoms with Crippen molar-refractivity contribution >= 4 is 0 Å². The van der Waals surface area contributed by atoms with Gasteiger partial charge in [0, 0.05) is 10.8 Å². The Morgan fingerprint density at radius 2 is 1.00 bits per heavy atom. The molecule has 0 heteroatoms. The van der Waals surface area contributed by atoms with Crippen molar-refractivity contribution in [2.45, 2.75) is 24.7 Å². The van der Waals surface area contributed by atoms with Gasteiger partial charge in [0.25, 0.3) is 0 Å². The third-order valence-corrected chi connectivity index (χ3v) is 6.90. The second-order valence-electron chi connectivity index (χ2n) is 7.41. The first kappa shape index (κ1) is 11.8. The van der Waals surface area contributed by atoms with Crippen molar-refractivity contribution in [3.63, 3.8) is 0 Å². The van der Waals surface area contributed by atoms with E-state index in [1.165, 1.54) is 11.1 Å². The van der Waals surface area contributed by atoms with Crippen molar-refractivity contribution in [3.8, 4) is 0 Å². The lowest BCUT2D eigenvalue weighted by atomic mass is 9.48. The lowest BCUT2D eigenvalue weighted by Crippen LogP contribution is -2.54. The zero-order chi connectivity index (χ0) is 14.3. The molecule has 0 heterocycles. The first-order valence-corrected chi connectivity index (χ1v) is 7.98. The van der Waals surface area contributed by atoms with Crippen LogP contribution in [0, 0.1) is 17.3 Å². The minimum Gasteiger partial charge on any atom is -0.0835 e. The summed E-state index contributed by atoms with van der Waals surface area (Å²) in [5.41, 5.74) is 4.00. The smallest absolute Gasteiger partial charge is 0.0190 e. The Labute approximate surface area is 126 Å². The predicted molar refractivity (Wildman–Crippen MR) is 86.1 cm³/mol. The van der Waals surface area contributed by atoms with Crippen LogP contribution in [-0.2, 0) is 10.8 Å². The highest BCUT2D eigenvalue weighted by Crippen LogP contribution is 2.94. The van der Waals surface area contributed by atoms with Crippen molar-refractivity contribution in [3.05, 3.63) is 83.9 Å². The Morgan fingerprint density at radius 1 is 0.619 bits per heavy atom. The molecule has 2 aromatic rings. The van der Waals surface area contributed by atoms with Gasteiger partial charge in [-0.3, -0.25) is 0 Å². The maximum Gasteiger partial charge on any atom is 0.0190 e. The molecule has 0 aliphatic heterocycles. The largest absolute Gasteiger partial charge is 0.0835 e. The van der Waals surface area contributed by atoms with Crippen LogP contribution in [0.1, 0.15) is 25.0 Å². The molecule has 0 saturated heterocycles. The molecule has 4 atom stereocenters. The molecule has 3 aliphatic rings. The second-order valence-corrected chi connectivity index (χ2v) is 7.41. The third-order valence-electron chi connectivity index (χ3n) is 6.90. The highest BCUT2D eigenvalue weighted by molar-refractivity contribution is 5.68. The molecule has 0 nitrogen and oxygen atoms in total. The quantitative estimate of drug-likeness (QED) is 0.694. The topological polar surface area (TPSA) is 0 Å². The van der Waals surface area contributed by atoms with E-state index in [2.05, 4.69) is 86.7 Å². The van der Waals surface area contributed by atoms with E-state index in [1.807, 2.05) is 0 Å². The van der Waals surface area contributed by atoms with Crippen molar-refractivity contribution in [2.24, 2.45) is 17.3 Å². The normalized spacial score (nSPS) is 40.5. The summed E-state index contributed by atoms with van der Waals surface area (Å²) in [6, 6.07) is 22.4. The zero-order valence-electron chi connectivity index (χ0n) is 12.6. The molecule has 0 spiro atoms. The lowest BCUT2D eigenvalue weighted by molar-refractivity contribution is 0.143. The van der Waals surface area contributed by atoms with Gasteiger partial charge in [0.05, 0.1) is 0 Å². The van der Waals surface area contributed by atoms with Gasteiger partial charge in [-0.25, -0.2) is 0 Å². The molecule has 0 N–H and O–H groups in total. The molecular formula is C21H20. The summed E-state index contributed by atoms with van der Waals surface area (Å²) in [7, 11) is 0. The van der Waals surface area contributed by atoms with Crippen LogP contribution in [0.25, 0.3) is 0 Å². The maximum absolute atomic E-state index is 2.48. The summed E-state index contributed by atoms with van der Waals surface area (Å²) in [6.45, 7) is 4.96. The van der Waals surface area contributed by atoms with Gasteiger partial charge in [0.15, 0.2) is 0 Å². The fraction of sp³-hybridized carbons (Fsp3) is 0.333. The minimum atomic E-state index is 0.308. The van der Waals surface area contributed by atoms with E-state index in [9.17, 15) is 0 Å². The van der Waals surface area contributed by atoms with E-state index in [0.717, 1.165) is 11.8 Å². The monoisotopic (exact) mass is 272 g/mol. The van der Waals surface area contributed by atoms with Gasteiger partial charge in [0.2, 0.25) is 0 Å². The summed E-state index contributed by atoms with van der Waals surface area (Å²) < 4.78 is 0. The van der Waals surface area contributed by atoms with E-state index in [-0.39, 0.29) is 0 Å². The van der Waals surface area contributed by atoms with Crippen LogP contribution in [-0.4, -0.2) is 0 Å². The second kappa shape index (κ2) is 3.32. The number of fused-ring (bicyclic) bond motifs is 4. The molecule has 21 heavy (non-hydrogen) atoms. The Kier molecular flexibility index (Phi) is 1.87.